The van der Waals surface area contributed by atoms with Gasteiger partial charge in [-0.25, -0.2) is 0 Å². The van der Waals surface area contributed by atoms with Gasteiger partial charge in [-0.2, -0.15) is 0 Å². The van der Waals surface area contributed by atoms with E-state index in [9.17, 15) is 19.7 Å². The summed E-state index contributed by atoms with van der Waals surface area (Å²) in [6.45, 7) is 2.05. The van der Waals surface area contributed by atoms with Crippen molar-refractivity contribution in [3.63, 3.8) is 0 Å². The van der Waals surface area contributed by atoms with E-state index in [1.807, 2.05) is 31.2 Å². The summed E-state index contributed by atoms with van der Waals surface area (Å²) in [5.41, 5.74) is 2.13. The summed E-state index contributed by atoms with van der Waals surface area (Å²) < 4.78 is 5.05. The Balaban J connectivity index is 1.88. The van der Waals surface area contributed by atoms with Gasteiger partial charge in [-0.1, -0.05) is 42.0 Å². The predicted molar refractivity (Wildman–Crippen MR) is 92.7 cm³/mol. The van der Waals surface area contributed by atoms with E-state index in [1.165, 1.54) is 18.2 Å². The molecule has 2 aromatic rings. The average Bonchev–Trinajstić information content (AvgIpc) is 2.59. The summed E-state index contributed by atoms with van der Waals surface area (Å²) >= 11 is 0. The summed E-state index contributed by atoms with van der Waals surface area (Å²) in [6.07, 6.45) is 2.06. The number of carbonyl (C=O) groups excluding carboxylic acids is 2. The summed E-state index contributed by atoms with van der Waals surface area (Å²) in [5, 5.41) is 10.9. The minimum Gasteiger partial charge on any atom is -0.460 e. The molecule has 0 aliphatic rings. The van der Waals surface area contributed by atoms with Crippen LogP contribution in [0.25, 0.3) is 6.08 Å². The molecule has 0 fully saturated rings. The van der Waals surface area contributed by atoms with Crippen molar-refractivity contribution < 1.29 is 19.2 Å². The van der Waals surface area contributed by atoms with Crippen LogP contribution in [0.4, 0.5) is 5.69 Å². The van der Waals surface area contributed by atoms with Gasteiger partial charge in [0.1, 0.15) is 13.0 Å². The topological polar surface area (TPSA) is 86.5 Å². The van der Waals surface area contributed by atoms with Crippen LogP contribution in [-0.2, 0) is 20.9 Å². The molecular weight excluding hydrogens is 322 g/mol. The van der Waals surface area contributed by atoms with Crippen LogP contribution in [0.5, 0.6) is 0 Å². The number of allylic oxidation sites excluding steroid dienone is 1. The van der Waals surface area contributed by atoms with Gasteiger partial charge in [0.05, 0.1) is 10.5 Å². The molecule has 0 atom stereocenters. The third-order valence-corrected chi connectivity index (χ3v) is 3.42. The van der Waals surface area contributed by atoms with Crippen molar-refractivity contribution >= 4 is 23.5 Å². The van der Waals surface area contributed by atoms with E-state index in [1.54, 1.807) is 12.1 Å². The zero-order valence-corrected chi connectivity index (χ0v) is 13.7. The van der Waals surface area contributed by atoms with Gasteiger partial charge >= 0.3 is 5.97 Å². The summed E-state index contributed by atoms with van der Waals surface area (Å²) in [4.78, 5) is 33.9. The molecule has 0 amide bonds. The summed E-state index contributed by atoms with van der Waals surface area (Å²) in [5.74, 6) is -1.12. The lowest BCUT2D eigenvalue weighted by atomic mass is 10.1. The van der Waals surface area contributed by atoms with Gasteiger partial charge in [0.2, 0.25) is 0 Å². The maximum absolute atomic E-state index is 11.8. The molecule has 0 heterocycles. The number of ether oxygens (including phenoxy) is 1. The van der Waals surface area contributed by atoms with Crippen LogP contribution >= 0.6 is 0 Å². The maximum atomic E-state index is 11.8. The highest BCUT2D eigenvalue weighted by Crippen LogP contribution is 2.19. The van der Waals surface area contributed by atoms with Crippen LogP contribution in [0.2, 0.25) is 0 Å². The largest absolute Gasteiger partial charge is 0.460 e. The number of rotatable bonds is 7. The number of nitro groups is 1. The molecule has 25 heavy (non-hydrogen) atoms. The van der Waals surface area contributed by atoms with Gasteiger partial charge in [-0.05, 0) is 30.7 Å². The Labute approximate surface area is 144 Å². The first kappa shape index (κ1) is 18.1. The van der Waals surface area contributed by atoms with E-state index in [0.29, 0.717) is 5.56 Å². The molecule has 0 unspecified atom stereocenters. The van der Waals surface area contributed by atoms with Crippen LogP contribution in [-0.4, -0.2) is 16.7 Å². The van der Waals surface area contributed by atoms with Gasteiger partial charge in [0.25, 0.3) is 5.69 Å². The summed E-state index contributed by atoms with van der Waals surface area (Å²) in [7, 11) is 0. The zero-order valence-electron chi connectivity index (χ0n) is 13.7. The van der Waals surface area contributed by atoms with E-state index in [0.717, 1.165) is 17.2 Å². The maximum Gasteiger partial charge on any atom is 0.314 e. The number of hydrogen-bond acceptors (Lipinski definition) is 5. The van der Waals surface area contributed by atoms with Crippen molar-refractivity contribution in [3.05, 3.63) is 81.4 Å². The van der Waals surface area contributed by atoms with Crippen LogP contribution in [0.1, 0.15) is 23.1 Å². The molecule has 0 aliphatic carbocycles. The Morgan fingerprint density at radius 3 is 2.48 bits per heavy atom. The Hall–Kier alpha value is -3.28. The fraction of sp³-hybridized carbons (Fsp3) is 0.158. The van der Waals surface area contributed by atoms with Gasteiger partial charge < -0.3 is 4.74 Å². The number of ketones is 1. The molecular formula is C19H17NO5. The number of nitro benzene ring substituents is 1. The van der Waals surface area contributed by atoms with Crippen molar-refractivity contribution in [2.45, 2.75) is 20.0 Å². The average molecular weight is 339 g/mol. The number of para-hydroxylation sites is 1. The molecule has 0 N–H and O–H groups in total. The number of benzene rings is 2. The molecule has 128 valence electrons. The van der Waals surface area contributed by atoms with Crippen molar-refractivity contribution in [3.8, 4) is 0 Å². The second-order valence-electron chi connectivity index (χ2n) is 5.44. The molecule has 0 radical (unpaired) electrons. The lowest BCUT2D eigenvalue weighted by Gasteiger charge is -2.04. The van der Waals surface area contributed by atoms with Crippen molar-refractivity contribution in [1.82, 2.24) is 0 Å². The van der Waals surface area contributed by atoms with E-state index < -0.39 is 23.1 Å². The highest BCUT2D eigenvalue weighted by atomic mass is 16.6. The molecule has 2 aromatic carbocycles. The van der Waals surface area contributed by atoms with E-state index >= 15 is 0 Å². The number of hydrogen-bond donors (Lipinski definition) is 0. The van der Waals surface area contributed by atoms with Crippen LogP contribution in [0.15, 0.2) is 54.6 Å². The smallest absolute Gasteiger partial charge is 0.314 e. The Morgan fingerprint density at radius 1 is 1.12 bits per heavy atom. The quantitative estimate of drug-likeness (QED) is 0.253. The van der Waals surface area contributed by atoms with Crippen LogP contribution < -0.4 is 0 Å². The minimum absolute atomic E-state index is 0.0975. The number of esters is 1. The SMILES string of the molecule is Cc1ccc(COC(=O)CC(=O)C=Cc2ccccc2[N+](=O)[O-])cc1. The highest BCUT2D eigenvalue weighted by Gasteiger charge is 2.12. The van der Waals surface area contributed by atoms with Crippen molar-refractivity contribution in [2.24, 2.45) is 0 Å². The number of nitrogens with zero attached hydrogens (tertiary/aromatic N) is 1. The summed E-state index contributed by atoms with van der Waals surface area (Å²) in [6, 6.07) is 13.6. The molecule has 0 bridgehead atoms. The molecule has 0 aliphatic heterocycles. The van der Waals surface area contributed by atoms with Crippen molar-refractivity contribution in [2.75, 3.05) is 0 Å². The van der Waals surface area contributed by atoms with Gasteiger partial charge in [0.15, 0.2) is 5.78 Å². The van der Waals surface area contributed by atoms with Crippen LogP contribution in [0, 0.1) is 17.0 Å². The van der Waals surface area contributed by atoms with Crippen molar-refractivity contribution in [1.29, 1.82) is 0 Å². The van der Waals surface area contributed by atoms with Gasteiger partial charge in [0, 0.05) is 6.07 Å². The predicted octanol–water partition coefficient (Wildman–Crippen LogP) is 3.62. The Kier molecular flexibility index (Phi) is 6.17. The third kappa shape index (κ3) is 5.69. The Bertz CT molecular complexity index is 809. The zero-order chi connectivity index (χ0) is 18.2. The molecule has 6 heteroatoms. The lowest BCUT2D eigenvalue weighted by molar-refractivity contribution is -0.385. The fourth-order valence-corrected chi connectivity index (χ4v) is 2.08. The molecule has 0 saturated heterocycles. The minimum atomic E-state index is -0.641. The van der Waals surface area contributed by atoms with E-state index in [4.69, 9.17) is 4.74 Å². The monoisotopic (exact) mass is 339 g/mol. The first-order valence-corrected chi connectivity index (χ1v) is 7.61. The second-order valence-corrected chi connectivity index (χ2v) is 5.44. The normalized spacial score (nSPS) is 10.6. The number of aryl methyl sites for hydroxylation is 1. The first-order valence-electron chi connectivity index (χ1n) is 7.61. The lowest BCUT2D eigenvalue weighted by Crippen LogP contribution is -2.09. The highest BCUT2D eigenvalue weighted by molar-refractivity contribution is 6.04. The molecule has 0 saturated carbocycles. The van der Waals surface area contributed by atoms with Gasteiger partial charge in [-0.15, -0.1) is 0 Å². The standard InChI is InChI=1S/C19H17NO5/c1-14-6-8-15(9-7-14)13-25-19(22)12-17(21)11-10-16-4-2-3-5-18(16)20(23)24/h2-11H,12-13H2,1H3. The second kappa shape index (κ2) is 8.54. The Morgan fingerprint density at radius 2 is 1.80 bits per heavy atom. The van der Waals surface area contributed by atoms with Gasteiger partial charge in [-0.3, -0.25) is 19.7 Å². The molecule has 0 aromatic heterocycles. The molecule has 2 rings (SSSR count). The fourth-order valence-electron chi connectivity index (χ4n) is 2.08. The molecule has 6 nitrogen and oxygen atoms in total. The third-order valence-electron chi connectivity index (χ3n) is 3.42. The van der Waals surface area contributed by atoms with E-state index in [2.05, 4.69) is 0 Å². The van der Waals surface area contributed by atoms with E-state index in [-0.39, 0.29) is 12.3 Å². The number of carbonyl (C=O) groups is 2. The first-order chi connectivity index (χ1) is 12.0. The molecule has 0 spiro atoms. The van der Waals surface area contributed by atoms with Crippen LogP contribution in [0.3, 0.4) is 0 Å².